The second-order valence-electron chi connectivity index (χ2n) is 13.9. The summed E-state index contributed by atoms with van der Waals surface area (Å²) in [5, 5.41) is 13.5. The summed E-state index contributed by atoms with van der Waals surface area (Å²) in [6.07, 6.45) is 18.4. The van der Waals surface area contributed by atoms with Crippen molar-refractivity contribution in [2.45, 2.75) is 181 Å². The molecular weight excluding hydrogens is 638 g/mol. The molecule has 0 bridgehead atoms. The molecule has 0 spiro atoms. The summed E-state index contributed by atoms with van der Waals surface area (Å²) in [5.41, 5.74) is 0. The van der Waals surface area contributed by atoms with Crippen molar-refractivity contribution in [1.29, 1.82) is 0 Å². The monoisotopic (exact) mass is 710 g/mol. The zero-order valence-electron chi connectivity index (χ0n) is 32.2. The van der Waals surface area contributed by atoms with Gasteiger partial charge in [-0.1, -0.05) is 105 Å². The van der Waals surface area contributed by atoms with Crippen molar-refractivity contribution in [2.24, 2.45) is 5.92 Å². The van der Waals surface area contributed by atoms with Gasteiger partial charge in [-0.05, 0) is 51.4 Å². The van der Waals surface area contributed by atoms with Crippen molar-refractivity contribution < 1.29 is 33.5 Å². The van der Waals surface area contributed by atoms with Crippen LogP contribution in [0.3, 0.4) is 0 Å². The molecule has 3 atom stereocenters. The normalized spacial score (nSPS) is 12.8. The van der Waals surface area contributed by atoms with E-state index in [4.69, 9.17) is 4.74 Å². The minimum absolute atomic E-state index is 0.0258. The minimum atomic E-state index is -0.934. The van der Waals surface area contributed by atoms with Crippen LogP contribution in [0, 0.1) is 5.92 Å². The molecule has 0 unspecified atom stereocenters. The summed E-state index contributed by atoms with van der Waals surface area (Å²) < 4.78 is 4.91. The van der Waals surface area contributed by atoms with E-state index in [9.17, 15) is 28.8 Å². The van der Waals surface area contributed by atoms with Gasteiger partial charge in [-0.15, -0.1) is 0 Å². The van der Waals surface area contributed by atoms with Gasteiger partial charge in [-0.3, -0.25) is 24.0 Å². The molecule has 0 rings (SSSR count). The fourth-order valence-electron chi connectivity index (χ4n) is 5.59. The molecule has 0 heterocycles. The molecule has 5 amide bonds. The van der Waals surface area contributed by atoms with Gasteiger partial charge in [0.05, 0.1) is 13.7 Å². The summed E-state index contributed by atoms with van der Waals surface area (Å²) in [7, 11) is 1.25. The van der Waals surface area contributed by atoms with Crippen LogP contribution in [0.5, 0.6) is 0 Å². The molecule has 0 saturated heterocycles. The lowest BCUT2D eigenvalue weighted by Crippen LogP contribution is -2.54. The summed E-state index contributed by atoms with van der Waals surface area (Å²) >= 11 is 0. The second-order valence-corrected chi connectivity index (χ2v) is 13.9. The first kappa shape index (κ1) is 46.8. The zero-order chi connectivity index (χ0) is 37.6. The Hall–Kier alpha value is -3.18. The second kappa shape index (κ2) is 30.6. The Kier molecular flexibility index (Phi) is 28.7. The van der Waals surface area contributed by atoms with Crippen molar-refractivity contribution in [1.82, 2.24) is 26.6 Å². The van der Waals surface area contributed by atoms with Gasteiger partial charge in [-0.25, -0.2) is 4.79 Å². The molecule has 0 fully saturated rings. The van der Waals surface area contributed by atoms with E-state index in [1.807, 2.05) is 13.8 Å². The van der Waals surface area contributed by atoms with Gasteiger partial charge in [0, 0.05) is 19.4 Å². The molecule has 0 aromatic heterocycles. The number of esters is 1. The first-order valence-electron chi connectivity index (χ1n) is 19.5. The van der Waals surface area contributed by atoms with Crippen molar-refractivity contribution >= 4 is 35.5 Å². The van der Waals surface area contributed by atoms with E-state index in [0.29, 0.717) is 45.1 Å². The molecule has 290 valence electrons. The molecule has 0 aliphatic heterocycles. The maximum Gasteiger partial charge on any atom is 0.328 e. The number of nitrogens with one attached hydrogen (secondary N) is 5. The van der Waals surface area contributed by atoms with E-state index in [1.165, 1.54) is 58.5 Å². The van der Waals surface area contributed by atoms with Crippen molar-refractivity contribution in [2.75, 3.05) is 20.2 Å². The number of carbonyl (C=O) groups excluding carboxylic acids is 6. The molecule has 0 aliphatic carbocycles. The minimum Gasteiger partial charge on any atom is -0.467 e. The van der Waals surface area contributed by atoms with Gasteiger partial charge in [0.1, 0.15) is 18.1 Å². The molecule has 0 aromatic rings. The van der Waals surface area contributed by atoms with Crippen LogP contribution < -0.4 is 26.6 Å². The van der Waals surface area contributed by atoms with Crippen molar-refractivity contribution in [3.05, 3.63) is 0 Å². The molecule has 0 aromatic carbocycles. The summed E-state index contributed by atoms with van der Waals surface area (Å²) in [6, 6.07) is -2.65. The Morgan fingerprint density at radius 3 is 1.62 bits per heavy atom. The fourth-order valence-corrected chi connectivity index (χ4v) is 5.59. The summed E-state index contributed by atoms with van der Waals surface area (Å²) in [6.45, 7) is 9.85. The Morgan fingerprint density at radius 1 is 0.540 bits per heavy atom. The highest BCUT2D eigenvalue weighted by atomic mass is 16.5. The Balaban J connectivity index is 4.66. The van der Waals surface area contributed by atoms with Gasteiger partial charge >= 0.3 is 5.97 Å². The molecule has 5 N–H and O–H groups in total. The molecule has 50 heavy (non-hydrogen) atoms. The number of carbonyl (C=O) groups is 6. The van der Waals surface area contributed by atoms with E-state index >= 15 is 0 Å². The van der Waals surface area contributed by atoms with Crippen LogP contribution in [-0.4, -0.2) is 73.8 Å². The van der Waals surface area contributed by atoms with Gasteiger partial charge in [0.2, 0.25) is 29.5 Å². The van der Waals surface area contributed by atoms with Crippen LogP contribution in [-0.2, 0) is 33.5 Å². The Labute approximate surface area is 302 Å². The number of methoxy groups -OCH3 is 1. The lowest BCUT2D eigenvalue weighted by molar-refractivity contribution is -0.145. The van der Waals surface area contributed by atoms with Gasteiger partial charge in [-0.2, -0.15) is 0 Å². The third-order valence-electron chi connectivity index (χ3n) is 8.61. The van der Waals surface area contributed by atoms with E-state index in [0.717, 1.165) is 38.5 Å². The van der Waals surface area contributed by atoms with Crippen LogP contribution in [0.1, 0.15) is 163 Å². The highest BCUT2D eigenvalue weighted by molar-refractivity contribution is 5.93. The lowest BCUT2D eigenvalue weighted by Gasteiger charge is -2.23. The summed E-state index contributed by atoms with van der Waals surface area (Å²) in [4.78, 5) is 75.4. The molecular formula is C38H71N5O7. The molecule has 12 nitrogen and oxygen atoms in total. The largest absolute Gasteiger partial charge is 0.467 e. The van der Waals surface area contributed by atoms with Crippen LogP contribution in [0.15, 0.2) is 0 Å². The van der Waals surface area contributed by atoms with Crippen molar-refractivity contribution in [3.63, 3.8) is 0 Å². The van der Waals surface area contributed by atoms with E-state index in [1.54, 1.807) is 6.92 Å². The number of unbranched alkanes of at least 4 members (excludes halogenated alkanes) is 13. The van der Waals surface area contributed by atoms with Gasteiger partial charge < -0.3 is 31.3 Å². The molecule has 0 aliphatic rings. The SMILES string of the molecule is CCCCCCCCCC(=O)NCCCC[C@H](NC(=O)[C@H](CC(C)C)NC(=O)CNC(=O)[C@H](C)NC(=O)CCCCCCCCC)C(=O)OC. The topological polar surface area (TPSA) is 172 Å². The molecule has 0 radical (unpaired) electrons. The van der Waals surface area contributed by atoms with Crippen molar-refractivity contribution in [3.8, 4) is 0 Å². The van der Waals surface area contributed by atoms with Crippen LogP contribution in [0.2, 0.25) is 0 Å². The van der Waals surface area contributed by atoms with Gasteiger partial charge in [0.15, 0.2) is 0 Å². The van der Waals surface area contributed by atoms with Crippen LogP contribution >= 0.6 is 0 Å². The first-order chi connectivity index (χ1) is 23.9. The Morgan fingerprint density at radius 2 is 1.08 bits per heavy atom. The predicted octanol–water partition coefficient (Wildman–Crippen LogP) is 5.36. The zero-order valence-corrected chi connectivity index (χ0v) is 32.2. The smallest absolute Gasteiger partial charge is 0.328 e. The average molecular weight is 710 g/mol. The van der Waals surface area contributed by atoms with E-state index in [-0.39, 0.29) is 24.3 Å². The average Bonchev–Trinajstić information content (AvgIpc) is 3.08. The maximum absolute atomic E-state index is 13.2. The Bertz CT molecular complexity index is 975. The molecule has 0 saturated carbocycles. The third-order valence-corrected chi connectivity index (χ3v) is 8.61. The van der Waals surface area contributed by atoms with E-state index < -0.39 is 41.8 Å². The summed E-state index contributed by atoms with van der Waals surface area (Å²) in [5.74, 6) is -2.32. The number of hydrogen-bond donors (Lipinski definition) is 5. The number of amides is 5. The number of hydrogen-bond acceptors (Lipinski definition) is 7. The first-order valence-corrected chi connectivity index (χ1v) is 19.5. The number of ether oxygens (including phenoxy) is 1. The highest BCUT2D eigenvalue weighted by Crippen LogP contribution is 2.11. The lowest BCUT2D eigenvalue weighted by atomic mass is 10.0. The van der Waals surface area contributed by atoms with Crippen LogP contribution in [0.4, 0.5) is 0 Å². The predicted molar refractivity (Wildman–Crippen MR) is 198 cm³/mol. The quantitative estimate of drug-likeness (QED) is 0.0476. The molecule has 12 heteroatoms. The van der Waals surface area contributed by atoms with Crippen LogP contribution in [0.25, 0.3) is 0 Å². The maximum atomic E-state index is 13.2. The van der Waals surface area contributed by atoms with E-state index in [2.05, 4.69) is 40.4 Å². The third kappa shape index (κ3) is 25.7. The van der Waals surface area contributed by atoms with Gasteiger partial charge in [0.25, 0.3) is 0 Å². The highest BCUT2D eigenvalue weighted by Gasteiger charge is 2.28. The fraction of sp³-hybridized carbons (Fsp3) is 0.842. The number of rotatable bonds is 31. The standard InChI is InChI=1S/C38H71N5O7/c1-7-9-11-13-15-17-19-24-33(44)39-26-22-21-23-31(38(49)50-6)43-37(48)32(27-29(3)4)42-35(46)28-40-36(47)30(5)41-34(45)25-20-18-16-14-12-10-8-2/h29-32H,7-28H2,1-6H3,(H,39,44)(H,40,47)(H,41,45)(H,42,46)(H,43,48)/t30-,31-,32-/m0/s1.